The number of benzene rings is 2. The number of carbonyl (C=O) groups is 1. The van der Waals surface area contributed by atoms with E-state index >= 15 is 0 Å². The van der Waals surface area contributed by atoms with Crippen molar-refractivity contribution in [2.75, 3.05) is 13.2 Å². The van der Waals surface area contributed by atoms with Gasteiger partial charge in [-0.1, -0.05) is 24.4 Å². The lowest BCUT2D eigenvalue weighted by Crippen LogP contribution is -2.29. The molecule has 30 heavy (non-hydrogen) atoms. The fourth-order valence-corrected chi connectivity index (χ4v) is 3.83. The summed E-state index contributed by atoms with van der Waals surface area (Å²) in [5.74, 6) is 1.30. The normalized spacial score (nSPS) is 13.9. The summed E-state index contributed by atoms with van der Waals surface area (Å²) in [6.07, 6.45) is 5.13. The van der Waals surface area contributed by atoms with Gasteiger partial charge in [-0.05, 0) is 55.3 Å². The zero-order valence-electron chi connectivity index (χ0n) is 16.7. The van der Waals surface area contributed by atoms with Crippen molar-refractivity contribution in [2.24, 2.45) is 0 Å². The summed E-state index contributed by atoms with van der Waals surface area (Å²) in [7, 11) is 0. The smallest absolute Gasteiger partial charge is 0.261 e. The maximum absolute atomic E-state index is 12.9. The summed E-state index contributed by atoms with van der Waals surface area (Å²) >= 11 is 5.85. The second-order valence-electron chi connectivity index (χ2n) is 7.44. The van der Waals surface area contributed by atoms with E-state index in [0.717, 1.165) is 37.9 Å². The first-order valence-electron chi connectivity index (χ1n) is 10.3. The molecule has 6 nitrogen and oxygen atoms in total. The molecule has 2 heterocycles. The van der Waals surface area contributed by atoms with E-state index in [2.05, 4.69) is 5.32 Å². The molecule has 4 rings (SSSR count). The van der Waals surface area contributed by atoms with Crippen LogP contribution in [0.1, 0.15) is 41.9 Å². The molecule has 0 unspecified atom stereocenters. The zero-order chi connectivity index (χ0) is 20.9. The second-order valence-corrected chi connectivity index (χ2v) is 7.88. The minimum atomic E-state index is -0.217. The number of amides is 1. The summed E-state index contributed by atoms with van der Waals surface area (Å²) in [5.41, 5.74) is 1.05. The van der Waals surface area contributed by atoms with Crippen LogP contribution in [-0.2, 0) is 13.0 Å². The van der Waals surface area contributed by atoms with Crippen molar-refractivity contribution in [3.05, 3.63) is 69.2 Å². The van der Waals surface area contributed by atoms with Crippen molar-refractivity contribution < 1.29 is 9.53 Å². The molecule has 3 aromatic rings. The zero-order valence-corrected chi connectivity index (χ0v) is 17.5. The molecule has 1 amide bonds. The van der Waals surface area contributed by atoms with Crippen molar-refractivity contribution in [3.8, 4) is 5.75 Å². The highest BCUT2D eigenvalue weighted by Gasteiger charge is 2.14. The molecular formula is C23H24ClN3O3. The van der Waals surface area contributed by atoms with Gasteiger partial charge in [-0.2, -0.15) is 0 Å². The second kappa shape index (κ2) is 9.30. The largest absolute Gasteiger partial charge is 0.492 e. The molecule has 0 saturated carbocycles. The molecular weight excluding hydrogens is 402 g/mol. The lowest BCUT2D eigenvalue weighted by molar-refractivity contribution is 0.0947. The molecule has 0 spiro atoms. The van der Waals surface area contributed by atoms with Gasteiger partial charge in [0, 0.05) is 23.6 Å². The third-order valence-corrected chi connectivity index (χ3v) is 5.55. The van der Waals surface area contributed by atoms with Gasteiger partial charge in [0.1, 0.15) is 18.2 Å². The highest BCUT2D eigenvalue weighted by atomic mass is 35.5. The third kappa shape index (κ3) is 4.65. The van der Waals surface area contributed by atoms with Gasteiger partial charge >= 0.3 is 0 Å². The molecule has 0 bridgehead atoms. The minimum absolute atomic E-state index is 0.0137. The van der Waals surface area contributed by atoms with Crippen LogP contribution in [0.25, 0.3) is 10.9 Å². The summed E-state index contributed by atoms with van der Waals surface area (Å²) in [6.45, 7) is 1.42. The molecule has 0 atom stereocenters. The first-order chi connectivity index (χ1) is 14.6. The molecule has 0 saturated heterocycles. The van der Waals surface area contributed by atoms with E-state index in [4.69, 9.17) is 21.3 Å². The number of hydrogen-bond acceptors (Lipinski definition) is 4. The van der Waals surface area contributed by atoms with Crippen molar-refractivity contribution in [2.45, 2.75) is 38.6 Å². The van der Waals surface area contributed by atoms with E-state index in [0.29, 0.717) is 46.9 Å². The number of fused-ring (bicyclic) bond motifs is 2. The van der Waals surface area contributed by atoms with E-state index in [9.17, 15) is 9.59 Å². The van der Waals surface area contributed by atoms with E-state index < -0.39 is 0 Å². The van der Waals surface area contributed by atoms with Crippen LogP contribution < -0.4 is 15.6 Å². The number of aryl methyl sites for hydroxylation is 1. The van der Waals surface area contributed by atoms with Crippen molar-refractivity contribution in [1.82, 2.24) is 14.9 Å². The number of halogens is 1. The molecule has 1 aliphatic heterocycles. The average molecular weight is 426 g/mol. The maximum atomic E-state index is 12.9. The topological polar surface area (TPSA) is 73.2 Å². The van der Waals surface area contributed by atoms with Crippen LogP contribution in [0.15, 0.2) is 47.3 Å². The molecule has 0 fully saturated rings. The first kappa shape index (κ1) is 20.4. The van der Waals surface area contributed by atoms with E-state index in [1.54, 1.807) is 47.0 Å². The van der Waals surface area contributed by atoms with E-state index in [1.165, 1.54) is 0 Å². The summed E-state index contributed by atoms with van der Waals surface area (Å²) in [5, 5.41) is 4.04. The van der Waals surface area contributed by atoms with Crippen LogP contribution in [0.4, 0.5) is 0 Å². The van der Waals surface area contributed by atoms with E-state index in [1.807, 2.05) is 0 Å². The molecule has 1 aliphatic rings. The predicted molar refractivity (Wildman–Crippen MR) is 117 cm³/mol. The number of nitrogens with zero attached hydrogens (tertiary/aromatic N) is 2. The van der Waals surface area contributed by atoms with Gasteiger partial charge in [-0.3, -0.25) is 14.2 Å². The van der Waals surface area contributed by atoms with Crippen LogP contribution >= 0.6 is 11.6 Å². The van der Waals surface area contributed by atoms with Crippen LogP contribution in [-0.4, -0.2) is 28.6 Å². The Morgan fingerprint density at radius 3 is 2.73 bits per heavy atom. The summed E-state index contributed by atoms with van der Waals surface area (Å²) < 4.78 is 7.39. The quantitative estimate of drug-likeness (QED) is 0.627. The van der Waals surface area contributed by atoms with Crippen molar-refractivity contribution in [1.29, 1.82) is 0 Å². The number of nitrogens with one attached hydrogen (secondary N) is 1. The number of hydrogen-bond donors (Lipinski definition) is 1. The van der Waals surface area contributed by atoms with Gasteiger partial charge in [0.05, 0.1) is 17.4 Å². The van der Waals surface area contributed by atoms with Crippen LogP contribution in [0.2, 0.25) is 5.02 Å². The number of aromatic nitrogens is 2. The van der Waals surface area contributed by atoms with Crippen LogP contribution in [0.5, 0.6) is 5.75 Å². The predicted octanol–water partition coefficient (Wildman–Crippen LogP) is 3.98. The number of ether oxygens (including phenoxy) is 1. The van der Waals surface area contributed by atoms with Gasteiger partial charge in [0.25, 0.3) is 11.5 Å². The molecule has 1 aromatic heterocycles. The summed E-state index contributed by atoms with van der Waals surface area (Å²) in [6, 6.07) is 12.1. The van der Waals surface area contributed by atoms with Crippen molar-refractivity contribution >= 4 is 28.4 Å². The highest BCUT2D eigenvalue weighted by Crippen LogP contribution is 2.17. The van der Waals surface area contributed by atoms with E-state index in [-0.39, 0.29) is 11.5 Å². The van der Waals surface area contributed by atoms with Gasteiger partial charge in [-0.25, -0.2) is 4.98 Å². The van der Waals surface area contributed by atoms with Gasteiger partial charge in [-0.15, -0.1) is 0 Å². The minimum Gasteiger partial charge on any atom is -0.492 e. The molecule has 0 aliphatic carbocycles. The molecule has 1 N–H and O–H groups in total. The molecule has 2 aromatic carbocycles. The molecule has 7 heteroatoms. The maximum Gasteiger partial charge on any atom is 0.261 e. The first-order valence-corrected chi connectivity index (χ1v) is 10.7. The van der Waals surface area contributed by atoms with Gasteiger partial charge < -0.3 is 10.1 Å². The van der Waals surface area contributed by atoms with Gasteiger partial charge in [0.15, 0.2) is 0 Å². The van der Waals surface area contributed by atoms with Crippen LogP contribution in [0, 0.1) is 0 Å². The molecule has 0 radical (unpaired) electrons. The fourth-order valence-electron chi connectivity index (χ4n) is 3.70. The number of carbonyl (C=O) groups excluding carboxylic acids is 1. The molecule has 156 valence electrons. The highest BCUT2D eigenvalue weighted by molar-refractivity contribution is 6.30. The monoisotopic (exact) mass is 425 g/mol. The Morgan fingerprint density at radius 1 is 1.10 bits per heavy atom. The van der Waals surface area contributed by atoms with Crippen LogP contribution in [0.3, 0.4) is 0 Å². The standard InChI is InChI=1S/C23H24ClN3O3/c24-17-7-9-18(10-8-17)30-14-12-25-22(28)16-6-11-19-20(15-16)26-21-5-3-1-2-4-13-27(21)23(19)29/h6-11,15H,1-5,12-14H2,(H,25,28). The fraction of sp³-hybridized carbons (Fsp3) is 0.348. The Balaban J connectivity index is 1.44. The van der Waals surface area contributed by atoms with Gasteiger partial charge in [0.2, 0.25) is 0 Å². The Hall–Kier alpha value is -2.86. The lowest BCUT2D eigenvalue weighted by Gasteiger charge is -2.16. The lowest BCUT2D eigenvalue weighted by atomic mass is 10.1. The SMILES string of the molecule is O=C(NCCOc1ccc(Cl)cc1)c1ccc2c(=O)n3c(nc2c1)CCCCCC3. The summed E-state index contributed by atoms with van der Waals surface area (Å²) in [4.78, 5) is 30.1. The Morgan fingerprint density at radius 2 is 1.90 bits per heavy atom. The third-order valence-electron chi connectivity index (χ3n) is 5.30. The van der Waals surface area contributed by atoms with Crippen molar-refractivity contribution in [3.63, 3.8) is 0 Å². The Bertz CT molecular complexity index is 1110. The Labute approximate surface area is 179 Å². The number of rotatable bonds is 5. The average Bonchev–Trinajstić information content (AvgIpc) is 2.73. The Kier molecular flexibility index (Phi) is 6.33.